The van der Waals surface area contributed by atoms with Gasteiger partial charge in [0.1, 0.15) is 18.6 Å². The van der Waals surface area contributed by atoms with E-state index in [1.54, 1.807) is 6.08 Å². The summed E-state index contributed by atoms with van der Waals surface area (Å²) in [7, 11) is 0. The maximum absolute atomic E-state index is 13.0. The van der Waals surface area contributed by atoms with Crippen LogP contribution in [0.15, 0.2) is 25.0 Å². The Hall–Kier alpha value is -3.30. The molecule has 2 unspecified atom stereocenters. The van der Waals surface area contributed by atoms with Crippen molar-refractivity contribution >= 4 is 23.6 Å². The van der Waals surface area contributed by atoms with Crippen LogP contribution in [-0.4, -0.2) is 55.2 Å². The predicted molar refractivity (Wildman–Crippen MR) is 108 cm³/mol. The second-order valence-electron chi connectivity index (χ2n) is 8.25. The second kappa shape index (κ2) is 8.44. The summed E-state index contributed by atoms with van der Waals surface area (Å²) in [6.45, 7) is 5.88. The molecule has 2 aromatic rings. The van der Waals surface area contributed by atoms with Crippen molar-refractivity contribution in [2.45, 2.75) is 38.6 Å². The van der Waals surface area contributed by atoms with Gasteiger partial charge >= 0.3 is 11.9 Å². The van der Waals surface area contributed by atoms with Crippen molar-refractivity contribution in [2.75, 3.05) is 6.61 Å². The number of fused-ring (bicyclic) bond motifs is 2. The molecule has 2 N–H and O–H groups in total. The number of rotatable bonds is 6. The van der Waals surface area contributed by atoms with Crippen LogP contribution in [0.4, 0.5) is 0 Å². The summed E-state index contributed by atoms with van der Waals surface area (Å²) in [6, 6.07) is 1.16. The number of nitrogens with one attached hydrogen (secondary N) is 1. The molecule has 2 saturated carbocycles. The van der Waals surface area contributed by atoms with E-state index in [2.05, 4.69) is 33.9 Å². The summed E-state index contributed by atoms with van der Waals surface area (Å²) in [6.07, 6.45) is 6.05. The van der Waals surface area contributed by atoms with Gasteiger partial charge in [0.2, 0.25) is 0 Å². The maximum Gasteiger partial charge on any atom is 0.354 e. The molecule has 0 bridgehead atoms. The molecule has 2 aliphatic carbocycles. The Labute approximate surface area is 178 Å². The quantitative estimate of drug-likeness (QED) is 0.525. The highest BCUT2D eigenvalue weighted by atomic mass is 16.5. The number of carboxylic acids is 1. The summed E-state index contributed by atoms with van der Waals surface area (Å²) in [5, 5.41) is 16.3. The lowest BCUT2D eigenvalue weighted by Crippen LogP contribution is -2.44. The Kier molecular flexibility index (Phi) is 5.71. The number of hydrogen-bond donors (Lipinski definition) is 2. The lowest BCUT2D eigenvalue weighted by atomic mass is 9.68. The van der Waals surface area contributed by atoms with Crippen LogP contribution in [0.1, 0.15) is 53.6 Å². The fraction of sp³-hybridized carbons (Fsp3) is 0.524. The topological polar surface area (TPSA) is 136 Å². The number of amides is 1. The van der Waals surface area contributed by atoms with Crippen LogP contribution in [-0.2, 0) is 9.53 Å². The van der Waals surface area contributed by atoms with Gasteiger partial charge in [-0.15, -0.1) is 0 Å². The summed E-state index contributed by atoms with van der Waals surface area (Å²) in [4.78, 5) is 44.6. The number of aromatic carboxylic acids is 1. The Bertz CT molecular complexity index is 1030. The molecule has 164 valence electrons. The van der Waals surface area contributed by atoms with E-state index in [0.29, 0.717) is 5.92 Å². The largest absolute Gasteiger partial charge is 0.477 e. The van der Waals surface area contributed by atoms with Gasteiger partial charge in [0.25, 0.3) is 11.7 Å². The van der Waals surface area contributed by atoms with Crippen LogP contribution in [0.2, 0.25) is 0 Å². The van der Waals surface area contributed by atoms with E-state index < -0.39 is 11.9 Å². The smallest absolute Gasteiger partial charge is 0.354 e. The van der Waals surface area contributed by atoms with Gasteiger partial charge in [-0.3, -0.25) is 9.59 Å². The molecule has 0 aromatic carbocycles. The summed E-state index contributed by atoms with van der Waals surface area (Å²) < 4.78 is 6.51. The molecule has 0 radical (unpaired) electrons. The third-order valence-corrected chi connectivity index (χ3v) is 6.67. The Morgan fingerprint density at radius 2 is 2.06 bits per heavy atom. The number of esters is 1. The second-order valence-corrected chi connectivity index (χ2v) is 8.25. The molecule has 2 heterocycles. The average Bonchev–Trinajstić information content (AvgIpc) is 3.39. The molecule has 0 spiro atoms. The summed E-state index contributed by atoms with van der Waals surface area (Å²) in [5.41, 5.74) is -0.180. The van der Waals surface area contributed by atoms with Gasteiger partial charge in [0, 0.05) is 12.1 Å². The lowest BCUT2D eigenvalue weighted by Gasteiger charge is -2.38. The molecule has 1 amide bonds. The molecule has 31 heavy (non-hydrogen) atoms. The van der Waals surface area contributed by atoms with E-state index in [0.717, 1.165) is 25.7 Å². The van der Waals surface area contributed by atoms with E-state index in [1.165, 1.54) is 16.9 Å². The molecule has 10 nitrogen and oxygen atoms in total. The van der Waals surface area contributed by atoms with Crippen molar-refractivity contribution in [2.24, 2.45) is 23.7 Å². The molecule has 10 heteroatoms. The van der Waals surface area contributed by atoms with Gasteiger partial charge in [-0.25, -0.2) is 9.78 Å². The average molecular weight is 427 g/mol. The molecular formula is C21H25N5O5. The van der Waals surface area contributed by atoms with Crippen LogP contribution < -0.4 is 5.32 Å². The Morgan fingerprint density at radius 3 is 2.81 bits per heavy atom. The first-order valence-electron chi connectivity index (χ1n) is 10.4. The van der Waals surface area contributed by atoms with Crippen molar-refractivity contribution in [3.05, 3.63) is 36.4 Å². The molecular weight excluding hydrogens is 402 g/mol. The van der Waals surface area contributed by atoms with Gasteiger partial charge < -0.3 is 15.2 Å². The van der Waals surface area contributed by atoms with Crippen molar-refractivity contribution < 1.29 is 24.2 Å². The highest BCUT2D eigenvalue weighted by Gasteiger charge is 2.47. The normalized spacial score (nSPS) is 27.5. The first-order valence-corrected chi connectivity index (χ1v) is 10.4. The van der Waals surface area contributed by atoms with E-state index in [9.17, 15) is 19.5 Å². The number of aromatic nitrogens is 4. The maximum atomic E-state index is 13.0. The van der Waals surface area contributed by atoms with Crippen LogP contribution >= 0.6 is 0 Å². The minimum Gasteiger partial charge on any atom is -0.477 e. The fourth-order valence-electron chi connectivity index (χ4n) is 5.19. The number of carboxylic acid groups (broad SMARTS) is 1. The molecule has 0 aliphatic heterocycles. The number of nitrogens with zero attached hydrogens (tertiary/aromatic N) is 4. The SMILES string of the molecule is C=CCOC(=O)[C@H]1CCC2C(CC[C@@H]2NC(=O)c2cc(C(=O)O)nc3ncnn23)[C@H]1C. The molecule has 2 fully saturated rings. The van der Waals surface area contributed by atoms with Gasteiger partial charge in [-0.2, -0.15) is 14.6 Å². The van der Waals surface area contributed by atoms with Crippen molar-refractivity contribution in [1.82, 2.24) is 24.9 Å². The highest BCUT2D eigenvalue weighted by molar-refractivity contribution is 5.96. The fourth-order valence-corrected chi connectivity index (χ4v) is 5.19. The molecule has 2 aliphatic rings. The zero-order valence-corrected chi connectivity index (χ0v) is 17.2. The lowest BCUT2D eigenvalue weighted by molar-refractivity contribution is -0.152. The molecule has 4 rings (SSSR count). The van der Waals surface area contributed by atoms with Crippen LogP contribution in [0, 0.1) is 23.7 Å². The van der Waals surface area contributed by atoms with Gasteiger partial charge in [-0.05, 0) is 43.4 Å². The number of ether oxygens (including phenoxy) is 1. The summed E-state index contributed by atoms with van der Waals surface area (Å²) in [5.74, 6) is -1.16. The van der Waals surface area contributed by atoms with Crippen molar-refractivity contribution in [1.29, 1.82) is 0 Å². The van der Waals surface area contributed by atoms with Gasteiger partial charge in [0.15, 0.2) is 5.69 Å². The molecule has 2 aromatic heterocycles. The Balaban J connectivity index is 1.48. The third-order valence-electron chi connectivity index (χ3n) is 6.67. The third kappa shape index (κ3) is 3.89. The van der Waals surface area contributed by atoms with E-state index in [4.69, 9.17) is 4.74 Å². The van der Waals surface area contributed by atoms with E-state index >= 15 is 0 Å². The number of hydrogen-bond acceptors (Lipinski definition) is 7. The zero-order chi connectivity index (χ0) is 22.1. The van der Waals surface area contributed by atoms with Gasteiger partial charge in [0.05, 0.1) is 5.92 Å². The number of carbonyl (C=O) groups is 3. The minimum absolute atomic E-state index is 0.0508. The first-order chi connectivity index (χ1) is 14.9. The highest BCUT2D eigenvalue weighted by Crippen LogP contribution is 2.48. The Morgan fingerprint density at radius 1 is 1.29 bits per heavy atom. The summed E-state index contributed by atoms with van der Waals surface area (Å²) >= 11 is 0. The minimum atomic E-state index is -1.24. The number of carbonyl (C=O) groups excluding carboxylic acids is 2. The molecule has 0 saturated heterocycles. The van der Waals surface area contributed by atoms with Crippen molar-refractivity contribution in [3.8, 4) is 0 Å². The first kappa shape index (κ1) is 21.0. The van der Waals surface area contributed by atoms with Crippen LogP contribution in [0.3, 0.4) is 0 Å². The standard InChI is InChI=1S/C21H25N5O5/c1-3-8-31-20(30)13-4-5-14-12(11(13)2)6-7-15(14)24-18(27)17-9-16(19(28)29)25-21-22-10-23-26(17)21/h3,9-15H,1,4-8H2,2H3,(H,24,27)(H,28,29)/t11-,12?,13+,14?,15+/m1/s1. The van der Waals surface area contributed by atoms with Crippen LogP contribution in [0.5, 0.6) is 0 Å². The van der Waals surface area contributed by atoms with Crippen molar-refractivity contribution in [3.63, 3.8) is 0 Å². The zero-order valence-electron chi connectivity index (χ0n) is 17.2. The monoisotopic (exact) mass is 427 g/mol. The van der Waals surface area contributed by atoms with E-state index in [-0.39, 0.29) is 53.5 Å². The predicted octanol–water partition coefficient (Wildman–Crippen LogP) is 1.72. The molecule has 5 atom stereocenters. The van der Waals surface area contributed by atoms with E-state index in [1.807, 2.05) is 0 Å². The van der Waals surface area contributed by atoms with Crippen LogP contribution in [0.25, 0.3) is 5.78 Å². The van der Waals surface area contributed by atoms with Gasteiger partial charge in [-0.1, -0.05) is 19.6 Å².